The van der Waals surface area contributed by atoms with E-state index < -0.39 is 18.5 Å². The molecule has 0 aromatic heterocycles. The van der Waals surface area contributed by atoms with Gasteiger partial charge in [0, 0.05) is 199 Å². The molecule has 0 N–H and O–H groups in total. The zero-order valence-corrected chi connectivity index (χ0v) is 93.1. The molecule has 0 aromatic carbocycles. The van der Waals surface area contributed by atoms with Crippen LogP contribution >= 0.6 is 0 Å². The Kier molecular flexibility index (Phi) is 55.2. The number of alkyl halides is 3. The Morgan fingerprint density at radius 3 is 1.02 bits per heavy atom. The van der Waals surface area contributed by atoms with Gasteiger partial charge in [0.1, 0.15) is 6.17 Å². The van der Waals surface area contributed by atoms with Gasteiger partial charge in [0.25, 0.3) is 0 Å². The second-order valence-electron chi connectivity index (χ2n) is 48.8. The summed E-state index contributed by atoms with van der Waals surface area (Å²) >= 11 is 0. The van der Waals surface area contributed by atoms with Gasteiger partial charge in [0.15, 0.2) is 0 Å². The summed E-state index contributed by atoms with van der Waals surface area (Å²) in [7, 11) is 1.83. The van der Waals surface area contributed by atoms with E-state index in [9.17, 15) is 13.2 Å². The van der Waals surface area contributed by atoms with Gasteiger partial charge in [-0.25, -0.2) is 13.2 Å². The third kappa shape index (κ3) is 38.2. The van der Waals surface area contributed by atoms with Crippen molar-refractivity contribution in [3.05, 3.63) is 0 Å². The molecule has 2 aliphatic carbocycles. The Bertz CT molecular complexity index is 2500. The Hall–Kier alpha value is -0.730. The van der Waals surface area contributed by atoms with E-state index in [2.05, 4.69) is 354 Å². The van der Waals surface area contributed by atoms with E-state index in [-0.39, 0.29) is 0 Å². The largest absolute Gasteiger partial charge is 0.380 e. The summed E-state index contributed by atoms with van der Waals surface area (Å²) in [6.07, 6.45) is 14.8. The Morgan fingerprint density at radius 1 is 0.323 bits per heavy atom. The van der Waals surface area contributed by atoms with Crippen molar-refractivity contribution in [3.8, 4) is 0 Å². The first-order valence-electron chi connectivity index (χ1n) is 54.3. The van der Waals surface area contributed by atoms with E-state index in [0.29, 0.717) is 110 Å². The molecular formula is C111H225F3N10O3. The average molecular weight is 1810 g/mol. The fraction of sp³-hybridized carbons (Fsp3) is 1.00. The van der Waals surface area contributed by atoms with Gasteiger partial charge in [-0.3, -0.25) is 49.0 Å². The van der Waals surface area contributed by atoms with Crippen molar-refractivity contribution in [2.45, 2.75) is 540 Å². The normalized spacial score (nSPS) is 32.2. The number of nitrogens with zero attached hydrogens (tertiary/aromatic N) is 10. The SMILES string of the molecule is CC(C)[C@@H]1C2CC2CN1C(C)C.CC(C)[C@@H]1CC2CC2N1C(C)C.CC(C)[C@@H]1COCN1C(C)C.CC(C)[C@@H]1C[C@H](C(F)F)CN1C(C)C.CC(C)[C@@H]1C[C@H](C)CN1C(C)C.CC(C)[C@@H]1C[C@H](F)CN1C(C)C.CCC[C@H]1C[C@@H](C(C)C)N(C(C)C)C1.CCO[C@H]1C[C@@H](C(C)C)N(C(C)C)C1.CC[C@H]1C[C@@H](C(C)C)N(C(C)C)C1.CO[C@H]1C[C@@H](C(C)C)N(C(C)C)C1. The van der Waals surface area contributed by atoms with Crippen LogP contribution in [0.5, 0.6) is 0 Å². The molecule has 13 nitrogen and oxygen atoms in total. The number of ether oxygens (including phenoxy) is 3. The molecule has 0 bridgehead atoms. The van der Waals surface area contributed by atoms with E-state index in [1.165, 1.54) is 96.8 Å². The van der Waals surface area contributed by atoms with Crippen LogP contribution in [0.15, 0.2) is 0 Å². The van der Waals surface area contributed by atoms with Crippen molar-refractivity contribution in [1.29, 1.82) is 0 Å². The number of methoxy groups -OCH3 is 1. The molecule has 10 saturated heterocycles. The monoisotopic (exact) mass is 1800 g/mol. The second-order valence-corrected chi connectivity index (χ2v) is 48.8. The first-order valence-corrected chi connectivity index (χ1v) is 54.3. The van der Waals surface area contributed by atoms with Crippen LogP contribution in [0.2, 0.25) is 0 Å². The number of halogens is 3. The second kappa shape index (κ2) is 58.2. The zero-order valence-electron chi connectivity index (χ0n) is 93.1. The van der Waals surface area contributed by atoms with E-state index in [0.717, 1.165) is 183 Å². The summed E-state index contributed by atoms with van der Waals surface area (Å²) in [5, 5.41) is 0. The minimum absolute atomic E-state index is 0.342. The van der Waals surface area contributed by atoms with Crippen LogP contribution in [0.25, 0.3) is 0 Å². The summed E-state index contributed by atoms with van der Waals surface area (Å²) in [5.41, 5.74) is 0. The quantitative estimate of drug-likeness (QED) is 0.0785. The van der Waals surface area contributed by atoms with E-state index in [4.69, 9.17) is 14.2 Å². The molecule has 0 radical (unpaired) electrons. The fourth-order valence-electron chi connectivity index (χ4n) is 24.4. The van der Waals surface area contributed by atoms with Gasteiger partial charge >= 0.3 is 0 Å². The van der Waals surface area contributed by atoms with Crippen molar-refractivity contribution < 1.29 is 27.4 Å². The molecular weight excluding hydrogens is 1580 g/mol. The van der Waals surface area contributed by atoms with Crippen molar-refractivity contribution in [2.75, 3.05) is 79.4 Å². The molecule has 0 amide bonds. The lowest BCUT2D eigenvalue weighted by Gasteiger charge is -2.33. The van der Waals surface area contributed by atoms with Crippen molar-refractivity contribution >= 4 is 0 Å². The highest BCUT2D eigenvalue weighted by atomic mass is 19.3. The number of piperidine rings is 2. The molecule has 16 heteroatoms. The molecule has 12 rings (SSSR count). The predicted octanol–water partition coefficient (Wildman–Crippen LogP) is 26.2. The Balaban J connectivity index is 0.000000364. The van der Waals surface area contributed by atoms with Crippen LogP contribution in [0.4, 0.5) is 13.2 Å². The number of hydrogen-bond acceptors (Lipinski definition) is 13. The van der Waals surface area contributed by atoms with Crippen LogP contribution in [0.3, 0.4) is 0 Å². The maximum Gasteiger partial charge on any atom is 0.242 e. The smallest absolute Gasteiger partial charge is 0.242 e. The summed E-state index contributed by atoms with van der Waals surface area (Å²) in [4.78, 5) is 25.6. The summed E-state index contributed by atoms with van der Waals surface area (Å²) < 4.78 is 54.8. The molecule has 10 heterocycles. The first-order chi connectivity index (χ1) is 59.0. The molecule has 0 spiro atoms. The fourth-order valence-corrected chi connectivity index (χ4v) is 24.4. The molecule has 10 aliphatic heterocycles. The van der Waals surface area contributed by atoms with Crippen LogP contribution in [0, 0.1) is 101 Å². The third-order valence-electron chi connectivity index (χ3n) is 31.9. The van der Waals surface area contributed by atoms with Gasteiger partial charge in [-0.15, -0.1) is 0 Å². The first kappa shape index (κ1) is 120. The van der Waals surface area contributed by atoms with Crippen molar-refractivity contribution in [1.82, 2.24) is 49.0 Å². The number of rotatable bonds is 27. The number of hydrogen-bond donors (Lipinski definition) is 0. The van der Waals surface area contributed by atoms with Crippen LogP contribution in [0.1, 0.15) is 388 Å². The molecule has 12 fully saturated rings. The standard InChI is InChI=1S/C13H27N.C12H25NO.C12H25N.C11H21F2N.C11H23NO.2C11H21N.C11H23N.C10H20FN.C9H19NO/c1-6-7-12-8-13(10(2)3)14(9-12)11(4)5;1-6-14-11-7-12(9(2)3)13(8-11)10(4)5;1-6-11-7-12(9(2)3)13(8-11)10(4)5;1-7(2)10-5-9(11(12)13)6-14(10)8(3)4;1-8(2)11-6-10(13-5)7-12(11)9(3)4;1-7(2)11-10-5-9(10)6-12(11)8(3)4;1-7(2)10-5-9-6-11(9)12(10)8(3)4;1-8(2)11-6-10(5)7-12(11)9(3)4;1-7(2)10-5-9(11)6-12(10)8(3)4;1-7(2)9-5-11-6-10(9)8(3)4/h10-13H,6-9H2,1-5H3;9-12H,6-8H2,1-5H3;9-12H,6-8H2,1-5H3;7-11H,5-6H2,1-4H3;8-11H,6-7H2,1-5H3;2*7-11H,5-6H2,1-4H3;8-11H,6-7H2,1-5H3;7-10H,5-6H2,1-4H3;7-9H,5-6H2,1-4H3/t12-,13-;2*11-,12-;9-,10-;10-,11-;9?,10?,11-;9?,10-,11?;10-,11-;9-,10-;9-/m0000010000/s1. The van der Waals surface area contributed by atoms with Gasteiger partial charge in [-0.1, -0.05) is 172 Å². The highest BCUT2D eigenvalue weighted by Crippen LogP contribution is 2.53. The summed E-state index contributed by atoms with van der Waals surface area (Å²) in [6, 6.07) is 14.6. The topological polar surface area (TPSA) is 60.1 Å². The van der Waals surface area contributed by atoms with Gasteiger partial charge in [0.05, 0.1) is 25.5 Å². The maximum atomic E-state index is 13.1. The zero-order chi connectivity index (χ0) is 97.1. The third-order valence-corrected chi connectivity index (χ3v) is 31.9. The highest BCUT2D eigenvalue weighted by Gasteiger charge is 2.55. The molecule has 12 aliphatic rings. The predicted molar refractivity (Wildman–Crippen MR) is 548 cm³/mol. The highest BCUT2D eigenvalue weighted by molar-refractivity contribution is 5.08. The van der Waals surface area contributed by atoms with E-state index >= 15 is 0 Å². The lowest BCUT2D eigenvalue weighted by Crippen LogP contribution is -2.41. The van der Waals surface area contributed by atoms with Gasteiger partial charge in [-0.2, -0.15) is 0 Å². The average Bonchev–Trinajstić information content (AvgIpc) is 1.59. The lowest BCUT2D eigenvalue weighted by atomic mass is 9.95. The van der Waals surface area contributed by atoms with Crippen LogP contribution < -0.4 is 0 Å². The van der Waals surface area contributed by atoms with E-state index in [1.54, 1.807) is 0 Å². The van der Waals surface area contributed by atoms with Crippen molar-refractivity contribution in [3.63, 3.8) is 0 Å². The van der Waals surface area contributed by atoms with Gasteiger partial charge in [-0.05, 0) is 311 Å². The van der Waals surface area contributed by atoms with Gasteiger partial charge < -0.3 is 14.2 Å². The van der Waals surface area contributed by atoms with Gasteiger partial charge in [0.2, 0.25) is 6.43 Å². The van der Waals surface area contributed by atoms with E-state index in [1.807, 2.05) is 7.11 Å². The van der Waals surface area contributed by atoms with Crippen molar-refractivity contribution in [2.24, 2.45) is 101 Å². The number of fused-ring (bicyclic) bond motifs is 2. The molecule has 127 heavy (non-hydrogen) atoms. The molecule has 2 saturated carbocycles. The summed E-state index contributed by atoms with van der Waals surface area (Å²) in [5.74, 6) is 13.0. The minimum atomic E-state index is -2.15. The maximum absolute atomic E-state index is 13.1. The molecule has 4 unspecified atom stereocenters. The lowest BCUT2D eigenvalue weighted by molar-refractivity contribution is 0.0659. The molecule has 758 valence electrons. The Morgan fingerprint density at radius 2 is 0.693 bits per heavy atom. The minimum Gasteiger partial charge on any atom is -0.380 e. The Labute approximate surface area is 791 Å². The van der Waals surface area contributed by atoms with Crippen LogP contribution in [-0.2, 0) is 14.2 Å². The van der Waals surface area contributed by atoms with Crippen LogP contribution in [-0.4, -0.2) is 280 Å². The number of likely N-dealkylation sites (tertiary alicyclic amines) is 9. The summed E-state index contributed by atoms with van der Waals surface area (Å²) in [6.45, 7) is 112. The molecule has 21 atom stereocenters. The molecule has 0 aromatic rings.